The molecule has 0 atom stereocenters. The second-order valence-electron chi connectivity index (χ2n) is 5.50. The number of rotatable bonds is 6. The number of nitrogens with zero attached hydrogens (tertiary/aromatic N) is 3. The van der Waals surface area contributed by atoms with Gasteiger partial charge in [-0.15, -0.1) is 10.2 Å². The molecule has 6 nitrogen and oxygen atoms in total. The van der Waals surface area contributed by atoms with E-state index < -0.39 is 0 Å². The molecule has 2 heterocycles. The molecule has 0 fully saturated rings. The first-order chi connectivity index (χ1) is 11.6. The minimum absolute atomic E-state index is 0.238. The van der Waals surface area contributed by atoms with E-state index in [0.717, 1.165) is 28.6 Å². The van der Waals surface area contributed by atoms with Gasteiger partial charge in [-0.2, -0.15) is 0 Å². The Bertz CT molecular complexity index is 813. The number of carbonyl (C=O) groups excluding carboxylic acids is 1. The highest BCUT2D eigenvalue weighted by molar-refractivity contribution is 7.13. The summed E-state index contributed by atoms with van der Waals surface area (Å²) in [6.45, 7) is 3.33. The zero-order valence-corrected chi connectivity index (χ0v) is 14.3. The average Bonchev–Trinajstić information content (AvgIpc) is 3.18. The summed E-state index contributed by atoms with van der Waals surface area (Å²) in [6.07, 6.45) is 1.69. The van der Waals surface area contributed by atoms with E-state index in [1.807, 2.05) is 50.4 Å². The van der Waals surface area contributed by atoms with Gasteiger partial charge >= 0.3 is 0 Å². The van der Waals surface area contributed by atoms with Crippen molar-refractivity contribution in [1.82, 2.24) is 15.1 Å². The Morgan fingerprint density at radius 3 is 2.71 bits per heavy atom. The second-order valence-corrected chi connectivity index (χ2v) is 6.56. The number of hydrogen-bond donors (Lipinski definition) is 1. The normalized spacial score (nSPS) is 11.0. The Hall–Kier alpha value is -2.51. The van der Waals surface area contributed by atoms with Gasteiger partial charge in [0.15, 0.2) is 0 Å². The highest BCUT2D eigenvalue weighted by Gasteiger charge is 2.14. The highest BCUT2D eigenvalue weighted by atomic mass is 32.1. The van der Waals surface area contributed by atoms with Crippen molar-refractivity contribution in [2.24, 2.45) is 0 Å². The molecule has 0 aliphatic rings. The second kappa shape index (κ2) is 7.37. The van der Waals surface area contributed by atoms with Crippen LogP contribution in [0.4, 0.5) is 5.69 Å². The van der Waals surface area contributed by atoms with Gasteiger partial charge < -0.3 is 9.73 Å². The Labute approximate surface area is 144 Å². The lowest BCUT2D eigenvalue weighted by Crippen LogP contribution is -2.17. The molecule has 0 saturated carbocycles. The summed E-state index contributed by atoms with van der Waals surface area (Å²) >= 11 is 1.31. The van der Waals surface area contributed by atoms with E-state index in [-0.39, 0.29) is 5.91 Å². The molecule has 0 bridgehead atoms. The van der Waals surface area contributed by atoms with Crippen LogP contribution in [0, 0.1) is 6.92 Å². The molecular weight excluding hydrogens is 324 g/mol. The average molecular weight is 342 g/mol. The third kappa shape index (κ3) is 4.06. The lowest BCUT2D eigenvalue weighted by molar-refractivity contribution is 0.102. The van der Waals surface area contributed by atoms with Crippen LogP contribution >= 0.6 is 11.3 Å². The van der Waals surface area contributed by atoms with Crippen molar-refractivity contribution in [3.8, 4) is 0 Å². The van der Waals surface area contributed by atoms with Crippen LogP contribution in [-0.4, -0.2) is 28.1 Å². The molecule has 0 aliphatic heterocycles. The molecule has 3 rings (SSSR count). The van der Waals surface area contributed by atoms with E-state index in [1.165, 1.54) is 11.3 Å². The van der Waals surface area contributed by atoms with Crippen LogP contribution in [0.2, 0.25) is 0 Å². The molecule has 1 aromatic carbocycles. The lowest BCUT2D eigenvalue weighted by atomic mass is 10.2. The van der Waals surface area contributed by atoms with E-state index in [1.54, 1.807) is 6.26 Å². The number of para-hydroxylation sites is 1. The van der Waals surface area contributed by atoms with Gasteiger partial charge in [0.2, 0.25) is 5.01 Å². The van der Waals surface area contributed by atoms with Crippen molar-refractivity contribution in [2.75, 3.05) is 12.4 Å². The molecule has 0 radical (unpaired) electrons. The Morgan fingerprint density at radius 1 is 1.21 bits per heavy atom. The predicted octanol–water partition coefficient (Wildman–Crippen LogP) is 3.32. The van der Waals surface area contributed by atoms with Gasteiger partial charge in [-0.1, -0.05) is 29.5 Å². The van der Waals surface area contributed by atoms with E-state index in [9.17, 15) is 4.79 Å². The Kier molecular flexibility index (Phi) is 5.02. The predicted molar refractivity (Wildman–Crippen MR) is 92.9 cm³/mol. The number of benzene rings is 1. The van der Waals surface area contributed by atoms with Crippen molar-refractivity contribution in [2.45, 2.75) is 20.0 Å². The topological polar surface area (TPSA) is 71.3 Å². The maximum absolute atomic E-state index is 12.2. The van der Waals surface area contributed by atoms with E-state index >= 15 is 0 Å². The summed E-state index contributed by atoms with van der Waals surface area (Å²) in [4.78, 5) is 14.3. The van der Waals surface area contributed by atoms with Gasteiger partial charge in [-0.05, 0) is 32.2 Å². The van der Waals surface area contributed by atoms with Crippen LogP contribution in [0.25, 0.3) is 0 Å². The SMILES string of the molecule is Cc1occc1CN(C)Cc1nnc(C(=O)Nc2ccccc2)s1. The standard InChI is InChI=1S/C17H18N4O2S/c1-12-13(8-9-23-12)10-21(2)11-15-19-20-17(24-15)16(22)18-14-6-4-3-5-7-14/h3-9H,10-11H2,1-2H3,(H,18,22). The van der Waals surface area contributed by atoms with E-state index in [4.69, 9.17) is 4.42 Å². The summed E-state index contributed by atoms with van der Waals surface area (Å²) < 4.78 is 5.30. The van der Waals surface area contributed by atoms with Crippen molar-refractivity contribution in [3.63, 3.8) is 0 Å². The summed E-state index contributed by atoms with van der Waals surface area (Å²) in [5.41, 5.74) is 1.89. The van der Waals surface area contributed by atoms with Crippen LogP contribution in [0.15, 0.2) is 47.1 Å². The molecular formula is C17H18N4O2S. The fourth-order valence-electron chi connectivity index (χ4n) is 2.27. The number of furan rings is 1. The maximum Gasteiger partial charge on any atom is 0.286 e. The number of aryl methyl sites for hydroxylation is 1. The molecule has 3 aromatic rings. The molecule has 7 heteroatoms. The number of nitrogens with one attached hydrogen (secondary N) is 1. The fraction of sp³-hybridized carbons (Fsp3) is 0.235. The zero-order chi connectivity index (χ0) is 16.9. The maximum atomic E-state index is 12.2. The van der Waals surface area contributed by atoms with Crippen LogP contribution in [0.5, 0.6) is 0 Å². The first kappa shape index (κ1) is 16.4. The minimum atomic E-state index is -0.238. The Morgan fingerprint density at radius 2 is 2.00 bits per heavy atom. The molecule has 0 spiro atoms. The first-order valence-electron chi connectivity index (χ1n) is 7.52. The summed E-state index contributed by atoms with van der Waals surface area (Å²) in [5, 5.41) is 12.1. The fourth-order valence-corrected chi connectivity index (χ4v) is 3.08. The summed E-state index contributed by atoms with van der Waals surface area (Å²) in [7, 11) is 2.00. The van der Waals surface area contributed by atoms with Gasteiger partial charge in [0.1, 0.15) is 10.8 Å². The Balaban J connectivity index is 1.59. The summed E-state index contributed by atoms with van der Waals surface area (Å²) in [6, 6.07) is 11.3. The van der Waals surface area contributed by atoms with Crippen LogP contribution in [0.3, 0.4) is 0 Å². The van der Waals surface area contributed by atoms with E-state index in [2.05, 4.69) is 20.4 Å². The quantitative estimate of drug-likeness (QED) is 0.744. The monoisotopic (exact) mass is 342 g/mol. The van der Waals surface area contributed by atoms with Gasteiger partial charge in [0.05, 0.1) is 12.8 Å². The highest BCUT2D eigenvalue weighted by Crippen LogP contribution is 2.16. The van der Waals surface area contributed by atoms with Gasteiger partial charge in [-0.25, -0.2) is 0 Å². The van der Waals surface area contributed by atoms with Gasteiger partial charge in [0.25, 0.3) is 5.91 Å². The van der Waals surface area contributed by atoms with Crippen LogP contribution < -0.4 is 5.32 Å². The smallest absolute Gasteiger partial charge is 0.286 e. The first-order valence-corrected chi connectivity index (χ1v) is 8.34. The van der Waals surface area contributed by atoms with E-state index in [0.29, 0.717) is 11.6 Å². The van der Waals surface area contributed by atoms with Crippen LogP contribution in [-0.2, 0) is 13.1 Å². The number of anilines is 1. The molecule has 1 amide bonds. The number of hydrogen-bond acceptors (Lipinski definition) is 6. The van der Waals surface area contributed by atoms with Crippen LogP contribution in [0.1, 0.15) is 26.1 Å². The molecule has 0 unspecified atom stereocenters. The third-order valence-electron chi connectivity index (χ3n) is 3.50. The van der Waals surface area contributed by atoms with Crippen molar-refractivity contribution < 1.29 is 9.21 Å². The largest absolute Gasteiger partial charge is 0.469 e. The summed E-state index contributed by atoms with van der Waals surface area (Å²) in [5.74, 6) is 0.681. The number of carbonyl (C=O) groups is 1. The molecule has 124 valence electrons. The van der Waals surface area contributed by atoms with Crippen molar-refractivity contribution in [3.05, 3.63) is 64.0 Å². The number of amides is 1. The van der Waals surface area contributed by atoms with Gasteiger partial charge in [-0.3, -0.25) is 9.69 Å². The van der Waals surface area contributed by atoms with Crippen molar-refractivity contribution >= 4 is 22.9 Å². The molecule has 0 saturated heterocycles. The zero-order valence-electron chi connectivity index (χ0n) is 13.5. The van der Waals surface area contributed by atoms with Crippen molar-refractivity contribution in [1.29, 1.82) is 0 Å². The molecule has 1 N–H and O–H groups in total. The lowest BCUT2D eigenvalue weighted by Gasteiger charge is -2.13. The minimum Gasteiger partial charge on any atom is -0.469 e. The third-order valence-corrected chi connectivity index (χ3v) is 4.41. The molecule has 24 heavy (non-hydrogen) atoms. The number of aromatic nitrogens is 2. The molecule has 2 aromatic heterocycles. The molecule has 0 aliphatic carbocycles. The van der Waals surface area contributed by atoms with Gasteiger partial charge in [0, 0.05) is 17.8 Å².